The van der Waals surface area contributed by atoms with Crippen molar-refractivity contribution in [1.29, 1.82) is 0 Å². The Labute approximate surface area is 168 Å². The maximum atomic E-state index is 5.12. The number of nitrogens with one attached hydrogen (secondary N) is 2. The zero-order valence-electron chi connectivity index (χ0n) is 16.3. The van der Waals surface area contributed by atoms with Gasteiger partial charge in [-0.25, -0.2) is 0 Å². The van der Waals surface area contributed by atoms with Crippen molar-refractivity contribution < 1.29 is 0 Å². The smallest absolute Gasteiger partial charge is 0.172 e. The molecule has 0 radical (unpaired) electrons. The van der Waals surface area contributed by atoms with Crippen LogP contribution in [-0.2, 0) is 0 Å². The van der Waals surface area contributed by atoms with Crippen LogP contribution in [0.4, 0.5) is 11.4 Å². The lowest BCUT2D eigenvalue weighted by Crippen LogP contribution is -2.26. The molecule has 2 aromatic rings. The van der Waals surface area contributed by atoms with Gasteiger partial charge in [-0.15, -0.1) is 0 Å². The molecule has 0 aliphatic carbocycles. The molecule has 2 N–H and O–H groups in total. The third kappa shape index (κ3) is 8.27. The predicted molar refractivity (Wildman–Crippen MR) is 122 cm³/mol. The first-order valence-electron chi connectivity index (χ1n) is 8.29. The molecule has 0 fully saturated rings. The molecule has 0 aliphatic rings. The van der Waals surface area contributed by atoms with Gasteiger partial charge < -0.3 is 20.4 Å². The Bertz CT molecular complexity index is 679. The Kier molecular flexibility index (Phi) is 9.02. The van der Waals surface area contributed by atoms with E-state index in [0.717, 1.165) is 21.6 Å². The van der Waals surface area contributed by atoms with Gasteiger partial charge in [0.1, 0.15) is 0 Å². The van der Waals surface area contributed by atoms with Crippen molar-refractivity contribution in [3.05, 3.63) is 59.7 Å². The predicted octanol–water partition coefficient (Wildman–Crippen LogP) is 4.51. The normalized spacial score (nSPS) is 9.46. The summed E-state index contributed by atoms with van der Waals surface area (Å²) >= 11 is 10.2. The van der Waals surface area contributed by atoms with Crippen LogP contribution in [0.25, 0.3) is 0 Å². The van der Waals surface area contributed by atoms with Gasteiger partial charge in [-0.3, -0.25) is 0 Å². The first-order valence-corrected chi connectivity index (χ1v) is 9.10. The van der Waals surface area contributed by atoms with Crippen LogP contribution < -0.4 is 10.6 Å². The quantitative estimate of drug-likeness (QED) is 0.736. The summed E-state index contributed by atoms with van der Waals surface area (Å²) in [4.78, 5) is 3.75. The second-order valence-corrected chi connectivity index (χ2v) is 7.16. The summed E-state index contributed by atoms with van der Waals surface area (Å²) in [5.41, 5.74) is 4.54. The minimum Gasteiger partial charge on any atom is -0.355 e. The van der Waals surface area contributed by atoms with Gasteiger partial charge in [0.05, 0.1) is 0 Å². The van der Waals surface area contributed by atoms with Gasteiger partial charge in [0.15, 0.2) is 10.2 Å². The molecule has 0 bridgehead atoms. The average molecular weight is 389 g/mol. The Morgan fingerprint density at radius 2 is 1.04 bits per heavy atom. The Morgan fingerprint density at radius 3 is 1.31 bits per heavy atom. The van der Waals surface area contributed by atoms with Gasteiger partial charge in [0.25, 0.3) is 0 Å². The SMILES string of the molecule is Cc1cccc(NC(=S)N(C)C)c1.Cc1cccc(NC(=S)N(C)C)c1. The van der Waals surface area contributed by atoms with Crippen molar-refractivity contribution >= 4 is 46.0 Å². The minimum absolute atomic E-state index is 0.727. The van der Waals surface area contributed by atoms with Gasteiger partial charge in [-0.1, -0.05) is 24.3 Å². The lowest BCUT2D eigenvalue weighted by molar-refractivity contribution is 0.634. The molecule has 0 atom stereocenters. The van der Waals surface area contributed by atoms with E-state index in [1.807, 2.05) is 62.3 Å². The highest BCUT2D eigenvalue weighted by atomic mass is 32.1. The molecule has 0 spiro atoms. The summed E-state index contributed by atoms with van der Waals surface area (Å²) in [5.74, 6) is 0. The number of thiocarbonyl (C=S) groups is 2. The molecule has 0 aliphatic heterocycles. The van der Waals surface area contributed by atoms with Gasteiger partial charge in [0.2, 0.25) is 0 Å². The first kappa shape index (κ1) is 21.9. The second kappa shape index (κ2) is 10.7. The molecule has 0 amide bonds. The van der Waals surface area contributed by atoms with E-state index in [0.29, 0.717) is 0 Å². The Hall–Kier alpha value is -2.18. The fourth-order valence-corrected chi connectivity index (χ4v) is 2.15. The van der Waals surface area contributed by atoms with E-state index in [1.54, 1.807) is 0 Å². The Balaban J connectivity index is 0.000000260. The van der Waals surface area contributed by atoms with E-state index in [4.69, 9.17) is 24.4 Å². The van der Waals surface area contributed by atoms with Crippen molar-refractivity contribution in [1.82, 2.24) is 9.80 Å². The molecule has 0 saturated heterocycles. The number of hydrogen-bond acceptors (Lipinski definition) is 2. The average Bonchev–Trinajstić information content (AvgIpc) is 2.55. The van der Waals surface area contributed by atoms with Crippen LogP contribution in [0.2, 0.25) is 0 Å². The summed E-state index contributed by atoms with van der Waals surface area (Å²) < 4.78 is 0. The highest BCUT2D eigenvalue weighted by Gasteiger charge is 1.99. The lowest BCUT2D eigenvalue weighted by atomic mass is 10.2. The van der Waals surface area contributed by atoms with Gasteiger partial charge in [-0.05, 0) is 73.7 Å². The fourth-order valence-electron chi connectivity index (χ4n) is 1.92. The summed E-state index contributed by atoms with van der Waals surface area (Å²) in [6, 6.07) is 16.3. The van der Waals surface area contributed by atoms with E-state index >= 15 is 0 Å². The summed E-state index contributed by atoms with van der Waals surface area (Å²) in [6.45, 7) is 4.12. The summed E-state index contributed by atoms with van der Waals surface area (Å²) in [5, 5.41) is 7.73. The molecule has 0 heterocycles. The van der Waals surface area contributed by atoms with Gasteiger partial charge in [-0.2, -0.15) is 0 Å². The summed E-state index contributed by atoms with van der Waals surface area (Å²) in [6.07, 6.45) is 0. The lowest BCUT2D eigenvalue weighted by Gasteiger charge is -2.15. The number of benzene rings is 2. The number of rotatable bonds is 2. The third-order valence-electron chi connectivity index (χ3n) is 3.35. The van der Waals surface area contributed by atoms with Gasteiger partial charge in [0, 0.05) is 39.6 Å². The molecule has 2 rings (SSSR count). The number of aryl methyl sites for hydroxylation is 2. The van der Waals surface area contributed by atoms with E-state index in [-0.39, 0.29) is 0 Å². The number of hydrogen-bond donors (Lipinski definition) is 2. The van der Waals surface area contributed by atoms with E-state index in [2.05, 4.69) is 48.7 Å². The number of nitrogens with zero attached hydrogens (tertiary/aromatic N) is 2. The van der Waals surface area contributed by atoms with Crippen molar-refractivity contribution in [2.45, 2.75) is 13.8 Å². The molecule has 26 heavy (non-hydrogen) atoms. The summed E-state index contributed by atoms with van der Waals surface area (Å²) in [7, 11) is 7.69. The highest BCUT2D eigenvalue weighted by molar-refractivity contribution is 7.80. The standard InChI is InChI=1S/2C10H14N2S/c2*1-8-5-4-6-9(7-8)11-10(13)12(2)3/h2*4-7H,1-3H3,(H,11,13). The number of anilines is 2. The first-order chi connectivity index (χ1) is 12.2. The largest absolute Gasteiger partial charge is 0.355 e. The topological polar surface area (TPSA) is 30.5 Å². The maximum Gasteiger partial charge on any atom is 0.172 e. The van der Waals surface area contributed by atoms with Crippen molar-refractivity contribution in [2.75, 3.05) is 38.8 Å². The zero-order chi connectivity index (χ0) is 19.7. The van der Waals surface area contributed by atoms with Crippen LogP contribution in [0.3, 0.4) is 0 Å². The zero-order valence-corrected chi connectivity index (χ0v) is 18.0. The molecule has 0 saturated carbocycles. The van der Waals surface area contributed by atoms with Gasteiger partial charge >= 0.3 is 0 Å². The fraction of sp³-hybridized carbons (Fsp3) is 0.300. The third-order valence-corrected chi connectivity index (χ3v) is 4.29. The van der Waals surface area contributed by atoms with Crippen LogP contribution in [0, 0.1) is 13.8 Å². The van der Waals surface area contributed by atoms with Crippen LogP contribution in [-0.4, -0.2) is 48.2 Å². The van der Waals surface area contributed by atoms with Crippen molar-refractivity contribution in [2.24, 2.45) is 0 Å². The van der Waals surface area contributed by atoms with Crippen LogP contribution in [0.1, 0.15) is 11.1 Å². The van der Waals surface area contributed by atoms with Crippen LogP contribution >= 0.6 is 24.4 Å². The second-order valence-electron chi connectivity index (χ2n) is 6.39. The molecule has 2 aromatic carbocycles. The Morgan fingerprint density at radius 1 is 0.692 bits per heavy atom. The van der Waals surface area contributed by atoms with Crippen LogP contribution in [0.5, 0.6) is 0 Å². The molecule has 4 nitrogen and oxygen atoms in total. The monoisotopic (exact) mass is 388 g/mol. The van der Waals surface area contributed by atoms with Crippen molar-refractivity contribution in [3.63, 3.8) is 0 Å². The maximum absolute atomic E-state index is 5.12. The molecule has 0 aromatic heterocycles. The van der Waals surface area contributed by atoms with Crippen molar-refractivity contribution in [3.8, 4) is 0 Å². The van der Waals surface area contributed by atoms with E-state index in [1.165, 1.54) is 11.1 Å². The van der Waals surface area contributed by atoms with E-state index < -0.39 is 0 Å². The molecular formula is C20H28N4S2. The molecule has 0 unspecified atom stereocenters. The highest BCUT2D eigenvalue weighted by Crippen LogP contribution is 2.10. The molecule has 6 heteroatoms. The molecular weight excluding hydrogens is 360 g/mol. The van der Waals surface area contributed by atoms with E-state index in [9.17, 15) is 0 Å². The molecule has 140 valence electrons. The van der Waals surface area contributed by atoms with Crippen LogP contribution in [0.15, 0.2) is 48.5 Å². The minimum atomic E-state index is 0.727.